The Balaban J connectivity index is 2.14. The number of hydrogen-bond acceptors (Lipinski definition) is 4. The SMILES string of the molecule is C[C@@H](CN(C)CC1CC=CO1)OC=O. The van der Waals surface area contributed by atoms with Gasteiger partial charge in [0.25, 0.3) is 6.47 Å². The van der Waals surface area contributed by atoms with E-state index in [1.165, 1.54) is 0 Å². The Morgan fingerprint density at radius 1 is 1.79 bits per heavy atom. The summed E-state index contributed by atoms with van der Waals surface area (Å²) in [5, 5.41) is 0. The van der Waals surface area contributed by atoms with Crippen LogP contribution in [0.25, 0.3) is 0 Å². The molecule has 0 aliphatic carbocycles. The Bertz CT molecular complexity index is 198. The highest BCUT2D eigenvalue weighted by Gasteiger charge is 2.15. The molecule has 0 saturated carbocycles. The molecule has 0 aromatic rings. The molecule has 1 heterocycles. The van der Waals surface area contributed by atoms with Gasteiger partial charge in [-0.1, -0.05) is 0 Å². The number of ether oxygens (including phenoxy) is 2. The number of hydrogen-bond donors (Lipinski definition) is 0. The maximum atomic E-state index is 10.1. The zero-order chi connectivity index (χ0) is 10.4. The van der Waals surface area contributed by atoms with Crippen LogP contribution in [0.15, 0.2) is 12.3 Å². The summed E-state index contributed by atoms with van der Waals surface area (Å²) in [7, 11) is 1.99. The Kier molecular flexibility index (Phi) is 4.46. The van der Waals surface area contributed by atoms with E-state index in [0.29, 0.717) is 6.47 Å². The quantitative estimate of drug-likeness (QED) is 0.593. The van der Waals surface area contributed by atoms with Crippen molar-refractivity contribution in [3.63, 3.8) is 0 Å². The van der Waals surface area contributed by atoms with Crippen LogP contribution in [0.5, 0.6) is 0 Å². The van der Waals surface area contributed by atoms with Crippen LogP contribution in [-0.2, 0) is 14.3 Å². The fraction of sp³-hybridized carbons (Fsp3) is 0.700. The lowest BCUT2D eigenvalue weighted by Crippen LogP contribution is -2.34. The molecule has 0 aromatic heterocycles. The largest absolute Gasteiger partial charge is 0.497 e. The summed E-state index contributed by atoms with van der Waals surface area (Å²) in [4.78, 5) is 12.2. The Labute approximate surface area is 84.5 Å². The molecule has 1 aliphatic heterocycles. The smallest absolute Gasteiger partial charge is 0.293 e. The van der Waals surface area contributed by atoms with Gasteiger partial charge in [0.2, 0.25) is 0 Å². The molecule has 0 bridgehead atoms. The van der Waals surface area contributed by atoms with E-state index in [0.717, 1.165) is 19.5 Å². The highest BCUT2D eigenvalue weighted by Crippen LogP contribution is 2.09. The lowest BCUT2D eigenvalue weighted by Gasteiger charge is -2.22. The fourth-order valence-electron chi connectivity index (χ4n) is 1.55. The molecule has 4 heteroatoms. The molecule has 4 nitrogen and oxygen atoms in total. The van der Waals surface area contributed by atoms with E-state index in [1.807, 2.05) is 20.0 Å². The first-order valence-corrected chi connectivity index (χ1v) is 4.80. The summed E-state index contributed by atoms with van der Waals surface area (Å²) >= 11 is 0. The van der Waals surface area contributed by atoms with Gasteiger partial charge in [-0.3, -0.25) is 9.69 Å². The third-order valence-corrected chi connectivity index (χ3v) is 2.14. The minimum atomic E-state index is -0.0631. The van der Waals surface area contributed by atoms with Crippen molar-refractivity contribution in [3.05, 3.63) is 12.3 Å². The van der Waals surface area contributed by atoms with Crippen molar-refractivity contribution in [1.29, 1.82) is 0 Å². The molecule has 1 aliphatic rings. The molecule has 0 saturated heterocycles. The number of likely N-dealkylation sites (N-methyl/N-ethyl adjacent to an activating group) is 1. The van der Waals surface area contributed by atoms with Crippen molar-refractivity contribution in [1.82, 2.24) is 4.90 Å². The van der Waals surface area contributed by atoms with Gasteiger partial charge >= 0.3 is 0 Å². The monoisotopic (exact) mass is 199 g/mol. The molecule has 0 N–H and O–H groups in total. The van der Waals surface area contributed by atoms with E-state index < -0.39 is 0 Å². The normalized spacial score (nSPS) is 22.1. The Morgan fingerprint density at radius 2 is 2.57 bits per heavy atom. The predicted octanol–water partition coefficient (Wildman–Crippen LogP) is 0.782. The zero-order valence-corrected chi connectivity index (χ0v) is 8.68. The van der Waals surface area contributed by atoms with Crippen LogP contribution in [0, 0.1) is 0 Å². The van der Waals surface area contributed by atoms with Crippen molar-refractivity contribution >= 4 is 6.47 Å². The summed E-state index contributed by atoms with van der Waals surface area (Å²) in [5.74, 6) is 0. The van der Waals surface area contributed by atoms with Gasteiger partial charge in [-0.05, 0) is 20.0 Å². The van der Waals surface area contributed by atoms with E-state index in [-0.39, 0.29) is 12.2 Å². The zero-order valence-electron chi connectivity index (χ0n) is 8.68. The number of nitrogens with zero attached hydrogens (tertiary/aromatic N) is 1. The van der Waals surface area contributed by atoms with Gasteiger partial charge in [0.1, 0.15) is 12.2 Å². The molecule has 1 rings (SSSR count). The van der Waals surface area contributed by atoms with Crippen LogP contribution >= 0.6 is 0 Å². The molecule has 1 unspecified atom stereocenters. The van der Waals surface area contributed by atoms with E-state index in [1.54, 1.807) is 6.26 Å². The van der Waals surface area contributed by atoms with Gasteiger partial charge in [0.05, 0.1) is 6.26 Å². The van der Waals surface area contributed by atoms with Gasteiger partial charge in [-0.25, -0.2) is 0 Å². The van der Waals surface area contributed by atoms with E-state index >= 15 is 0 Å². The number of carbonyl (C=O) groups excluding carboxylic acids is 1. The molecule has 0 aromatic carbocycles. The van der Waals surface area contributed by atoms with Crippen LogP contribution in [-0.4, -0.2) is 43.7 Å². The Hall–Kier alpha value is -1.03. The van der Waals surface area contributed by atoms with E-state index in [4.69, 9.17) is 9.47 Å². The summed E-state index contributed by atoms with van der Waals surface area (Å²) in [6.07, 6.45) is 4.91. The maximum absolute atomic E-state index is 10.1. The van der Waals surface area contributed by atoms with E-state index in [9.17, 15) is 4.79 Å². The molecule has 0 spiro atoms. The highest BCUT2D eigenvalue weighted by atomic mass is 16.5. The molecular weight excluding hydrogens is 182 g/mol. The van der Waals surface area contributed by atoms with Crippen LogP contribution in [0.3, 0.4) is 0 Å². The first-order chi connectivity index (χ1) is 6.72. The average molecular weight is 199 g/mol. The van der Waals surface area contributed by atoms with Gasteiger partial charge < -0.3 is 9.47 Å². The Morgan fingerprint density at radius 3 is 3.14 bits per heavy atom. The van der Waals surface area contributed by atoms with Crippen LogP contribution in [0.4, 0.5) is 0 Å². The molecule has 14 heavy (non-hydrogen) atoms. The molecular formula is C10H17NO3. The van der Waals surface area contributed by atoms with Gasteiger partial charge in [-0.15, -0.1) is 0 Å². The molecule has 2 atom stereocenters. The van der Waals surface area contributed by atoms with Crippen molar-refractivity contribution < 1.29 is 14.3 Å². The van der Waals surface area contributed by atoms with Crippen LogP contribution in [0.1, 0.15) is 13.3 Å². The van der Waals surface area contributed by atoms with Crippen LogP contribution < -0.4 is 0 Å². The first kappa shape index (κ1) is 11.0. The first-order valence-electron chi connectivity index (χ1n) is 4.80. The van der Waals surface area contributed by atoms with Crippen molar-refractivity contribution in [3.8, 4) is 0 Å². The topological polar surface area (TPSA) is 38.8 Å². The third-order valence-electron chi connectivity index (χ3n) is 2.14. The lowest BCUT2D eigenvalue weighted by molar-refractivity contribution is -0.133. The van der Waals surface area contributed by atoms with Gasteiger partial charge in [0, 0.05) is 19.5 Å². The van der Waals surface area contributed by atoms with Crippen molar-refractivity contribution in [2.24, 2.45) is 0 Å². The summed E-state index contributed by atoms with van der Waals surface area (Å²) < 4.78 is 10.1. The highest BCUT2D eigenvalue weighted by molar-refractivity contribution is 5.37. The fourth-order valence-corrected chi connectivity index (χ4v) is 1.55. The molecule has 0 fully saturated rings. The molecule has 0 amide bonds. The second-order valence-corrected chi connectivity index (χ2v) is 3.63. The minimum Gasteiger partial charge on any atom is -0.497 e. The van der Waals surface area contributed by atoms with E-state index in [2.05, 4.69) is 4.90 Å². The maximum Gasteiger partial charge on any atom is 0.293 e. The van der Waals surface area contributed by atoms with Crippen LogP contribution in [0.2, 0.25) is 0 Å². The number of rotatable bonds is 6. The molecule has 0 radical (unpaired) electrons. The second kappa shape index (κ2) is 5.65. The lowest BCUT2D eigenvalue weighted by atomic mass is 10.2. The average Bonchev–Trinajstić information content (AvgIpc) is 2.56. The third kappa shape index (κ3) is 3.79. The predicted molar refractivity (Wildman–Crippen MR) is 52.7 cm³/mol. The summed E-state index contributed by atoms with van der Waals surface area (Å²) in [6, 6.07) is 0. The summed E-state index contributed by atoms with van der Waals surface area (Å²) in [5.41, 5.74) is 0. The second-order valence-electron chi connectivity index (χ2n) is 3.63. The standard InChI is InChI=1S/C10H17NO3/c1-9(14-8-12)6-11(2)7-10-4-3-5-13-10/h3,5,8-10H,4,6-7H2,1-2H3/t9-,10?/m0/s1. The van der Waals surface area contributed by atoms with Gasteiger partial charge in [0.15, 0.2) is 0 Å². The molecule has 80 valence electrons. The summed E-state index contributed by atoms with van der Waals surface area (Å²) in [6.45, 7) is 3.96. The van der Waals surface area contributed by atoms with Crippen molar-refractivity contribution in [2.45, 2.75) is 25.6 Å². The number of carbonyl (C=O) groups is 1. The van der Waals surface area contributed by atoms with Crippen molar-refractivity contribution in [2.75, 3.05) is 20.1 Å². The minimum absolute atomic E-state index is 0.0631. The van der Waals surface area contributed by atoms with Gasteiger partial charge in [-0.2, -0.15) is 0 Å².